The van der Waals surface area contributed by atoms with Crippen molar-refractivity contribution in [3.05, 3.63) is 45.8 Å². The maximum atomic E-state index is 13.2. The SMILES string of the molecule is CCN1CCc2c(sc(NC(=O)c3ccc(S(=O)(=O)N(CCOC)CCOC)cc3)c2C(=O)NNC(C)=O)C1. The number of ether oxygens (including phenoxy) is 2. The van der Waals surface area contributed by atoms with Gasteiger partial charge in [0.05, 0.1) is 23.7 Å². The average Bonchev–Trinajstić information content (AvgIpc) is 3.28. The van der Waals surface area contributed by atoms with Crippen molar-refractivity contribution < 1.29 is 32.3 Å². The summed E-state index contributed by atoms with van der Waals surface area (Å²) in [5.74, 6) is -1.43. The van der Waals surface area contributed by atoms with E-state index in [1.807, 2.05) is 0 Å². The first-order chi connectivity index (χ1) is 18.6. The molecule has 1 aromatic heterocycles. The van der Waals surface area contributed by atoms with Gasteiger partial charge >= 0.3 is 0 Å². The molecule has 0 bridgehead atoms. The van der Waals surface area contributed by atoms with E-state index in [9.17, 15) is 22.8 Å². The highest BCUT2D eigenvalue weighted by atomic mass is 32.2. The fourth-order valence-electron chi connectivity index (χ4n) is 4.10. The molecule has 14 heteroatoms. The third-order valence-electron chi connectivity index (χ3n) is 6.23. The number of nitrogens with one attached hydrogen (secondary N) is 3. The second-order valence-electron chi connectivity index (χ2n) is 8.83. The predicted molar refractivity (Wildman–Crippen MR) is 147 cm³/mol. The molecule has 214 valence electrons. The number of hydrogen-bond acceptors (Lipinski definition) is 9. The third-order valence-corrected chi connectivity index (χ3v) is 9.28. The number of likely N-dealkylation sites (N-methyl/N-ethyl adjacent to an activating group) is 1. The number of benzene rings is 1. The highest BCUT2D eigenvalue weighted by Gasteiger charge is 2.29. The summed E-state index contributed by atoms with van der Waals surface area (Å²) in [5, 5.41) is 3.19. The molecule has 0 atom stereocenters. The van der Waals surface area contributed by atoms with Gasteiger partial charge in [0.15, 0.2) is 0 Å². The van der Waals surface area contributed by atoms with E-state index in [4.69, 9.17) is 9.47 Å². The molecule has 3 N–H and O–H groups in total. The van der Waals surface area contributed by atoms with Gasteiger partial charge in [0, 0.05) is 57.8 Å². The van der Waals surface area contributed by atoms with Crippen LogP contribution in [0.4, 0.5) is 5.00 Å². The molecule has 1 aliphatic heterocycles. The number of fused-ring (bicyclic) bond motifs is 1. The number of rotatable bonds is 12. The van der Waals surface area contributed by atoms with E-state index in [-0.39, 0.29) is 36.8 Å². The van der Waals surface area contributed by atoms with E-state index in [0.29, 0.717) is 23.5 Å². The number of carbonyl (C=O) groups excluding carboxylic acids is 3. The minimum atomic E-state index is -3.84. The Kier molecular flexibility index (Phi) is 11.0. The lowest BCUT2D eigenvalue weighted by atomic mass is 10.0. The largest absolute Gasteiger partial charge is 0.383 e. The minimum absolute atomic E-state index is 0.0351. The predicted octanol–water partition coefficient (Wildman–Crippen LogP) is 1.44. The Morgan fingerprint density at radius 1 is 1.03 bits per heavy atom. The number of nitrogens with zero attached hydrogens (tertiary/aromatic N) is 2. The molecule has 3 rings (SSSR count). The first kappa shape index (κ1) is 30.7. The highest BCUT2D eigenvalue weighted by Crippen LogP contribution is 2.37. The summed E-state index contributed by atoms with van der Waals surface area (Å²) in [6.07, 6.45) is 0.633. The quantitative estimate of drug-likeness (QED) is 0.319. The van der Waals surface area contributed by atoms with Crippen LogP contribution < -0.4 is 16.2 Å². The second-order valence-corrected chi connectivity index (χ2v) is 11.9. The van der Waals surface area contributed by atoms with Crippen molar-refractivity contribution in [3.8, 4) is 0 Å². The fraction of sp³-hybridized carbons (Fsp3) is 0.480. The molecule has 39 heavy (non-hydrogen) atoms. The Hall–Kier alpha value is -2.88. The van der Waals surface area contributed by atoms with Crippen LogP contribution in [0, 0.1) is 0 Å². The summed E-state index contributed by atoms with van der Waals surface area (Å²) in [6, 6.07) is 5.60. The molecule has 12 nitrogen and oxygen atoms in total. The Balaban J connectivity index is 1.84. The summed E-state index contributed by atoms with van der Waals surface area (Å²) >= 11 is 1.32. The summed E-state index contributed by atoms with van der Waals surface area (Å²) in [4.78, 5) is 40.7. The zero-order valence-corrected chi connectivity index (χ0v) is 24.2. The van der Waals surface area contributed by atoms with Crippen molar-refractivity contribution >= 4 is 44.1 Å². The number of thiophene rings is 1. The van der Waals surface area contributed by atoms with E-state index < -0.39 is 27.7 Å². The first-order valence-corrected chi connectivity index (χ1v) is 14.7. The van der Waals surface area contributed by atoms with Crippen molar-refractivity contribution in [3.63, 3.8) is 0 Å². The topological polar surface area (TPSA) is 146 Å². The summed E-state index contributed by atoms with van der Waals surface area (Å²) in [7, 11) is -0.850. The molecular formula is C25H35N5O7S2. The lowest BCUT2D eigenvalue weighted by Crippen LogP contribution is -2.41. The molecule has 0 radical (unpaired) electrons. The smallest absolute Gasteiger partial charge is 0.272 e. The summed E-state index contributed by atoms with van der Waals surface area (Å²) in [5.41, 5.74) is 6.07. The van der Waals surface area contributed by atoms with Crippen molar-refractivity contribution in [2.45, 2.75) is 31.7 Å². The molecule has 1 aromatic carbocycles. The van der Waals surface area contributed by atoms with E-state index in [2.05, 4.69) is 28.0 Å². The van der Waals surface area contributed by atoms with Gasteiger partial charge in [-0.1, -0.05) is 6.92 Å². The fourth-order valence-corrected chi connectivity index (χ4v) is 6.79. The average molecular weight is 582 g/mol. The van der Waals surface area contributed by atoms with Gasteiger partial charge in [0.2, 0.25) is 15.9 Å². The van der Waals surface area contributed by atoms with Crippen LogP contribution in [0.25, 0.3) is 0 Å². The Morgan fingerprint density at radius 2 is 1.67 bits per heavy atom. The molecule has 0 fully saturated rings. The Bertz CT molecular complexity index is 1270. The van der Waals surface area contributed by atoms with Gasteiger partial charge in [-0.25, -0.2) is 8.42 Å². The summed E-state index contributed by atoms with van der Waals surface area (Å²) < 4.78 is 37.6. The normalized spacial score (nSPS) is 13.7. The third kappa shape index (κ3) is 7.62. The number of carbonyl (C=O) groups is 3. The molecular weight excluding hydrogens is 546 g/mol. The van der Waals surface area contributed by atoms with Crippen LogP contribution in [0.3, 0.4) is 0 Å². The molecule has 0 saturated carbocycles. The van der Waals surface area contributed by atoms with Crippen LogP contribution in [0.1, 0.15) is 45.0 Å². The standard InChI is InChI=1S/C25H35N5O7S2/c1-5-29-11-10-20-21(16-29)38-25(22(20)24(33)28-27-17(2)31)26-23(32)18-6-8-19(9-7-18)39(34,35)30(12-14-36-3)13-15-37-4/h6-9H,5,10-16H2,1-4H3,(H,26,32)(H,27,31)(H,28,33). The van der Waals surface area contributed by atoms with Crippen LogP contribution in [0.15, 0.2) is 29.2 Å². The van der Waals surface area contributed by atoms with Crippen LogP contribution in [0.2, 0.25) is 0 Å². The number of hydrogen-bond donors (Lipinski definition) is 3. The number of methoxy groups -OCH3 is 2. The van der Waals surface area contributed by atoms with Crippen molar-refractivity contribution in [1.82, 2.24) is 20.1 Å². The molecule has 2 aromatic rings. The number of anilines is 1. The number of hydrazine groups is 1. The highest BCUT2D eigenvalue weighted by molar-refractivity contribution is 7.89. The zero-order chi connectivity index (χ0) is 28.6. The number of amides is 3. The van der Waals surface area contributed by atoms with Gasteiger partial charge in [0.1, 0.15) is 5.00 Å². The van der Waals surface area contributed by atoms with E-state index in [1.54, 1.807) is 0 Å². The number of sulfonamides is 1. The van der Waals surface area contributed by atoms with E-state index in [0.717, 1.165) is 23.5 Å². The lowest BCUT2D eigenvalue weighted by molar-refractivity contribution is -0.119. The second kappa shape index (κ2) is 14.0. The first-order valence-electron chi connectivity index (χ1n) is 12.5. The molecule has 2 heterocycles. The minimum Gasteiger partial charge on any atom is -0.383 e. The molecule has 0 saturated heterocycles. The van der Waals surface area contributed by atoms with Gasteiger partial charge in [-0.3, -0.25) is 30.1 Å². The van der Waals surface area contributed by atoms with Gasteiger partial charge in [-0.05, 0) is 42.8 Å². The maximum absolute atomic E-state index is 13.2. The van der Waals surface area contributed by atoms with Crippen LogP contribution in [0.5, 0.6) is 0 Å². The zero-order valence-electron chi connectivity index (χ0n) is 22.5. The van der Waals surface area contributed by atoms with Crippen molar-refractivity contribution in [1.29, 1.82) is 0 Å². The van der Waals surface area contributed by atoms with Gasteiger partial charge in [-0.2, -0.15) is 4.31 Å². The molecule has 0 unspecified atom stereocenters. The Morgan fingerprint density at radius 3 is 2.23 bits per heavy atom. The monoisotopic (exact) mass is 581 g/mol. The van der Waals surface area contributed by atoms with Crippen molar-refractivity contribution in [2.24, 2.45) is 0 Å². The molecule has 3 amide bonds. The van der Waals surface area contributed by atoms with Gasteiger partial charge < -0.3 is 14.8 Å². The molecule has 0 aliphatic carbocycles. The molecule has 0 spiro atoms. The van der Waals surface area contributed by atoms with Crippen LogP contribution in [-0.2, 0) is 37.3 Å². The lowest BCUT2D eigenvalue weighted by Gasteiger charge is -2.25. The van der Waals surface area contributed by atoms with Crippen LogP contribution >= 0.6 is 11.3 Å². The van der Waals surface area contributed by atoms with E-state index in [1.165, 1.54) is 61.1 Å². The van der Waals surface area contributed by atoms with Gasteiger partial charge in [-0.15, -0.1) is 11.3 Å². The Labute approximate surface area is 232 Å². The maximum Gasteiger partial charge on any atom is 0.272 e. The van der Waals surface area contributed by atoms with E-state index >= 15 is 0 Å². The van der Waals surface area contributed by atoms with Crippen LogP contribution in [-0.4, -0.2) is 89.0 Å². The van der Waals surface area contributed by atoms with Gasteiger partial charge in [0.25, 0.3) is 11.8 Å². The summed E-state index contributed by atoms with van der Waals surface area (Å²) in [6.45, 7) is 6.39. The molecule has 1 aliphatic rings. The van der Waals surface area contributed by atoms with Crippen molar-refractivity contribution in [2.75, 3.05) is 58.9 Å².